The monoisotopic (exact) mass is 300 g/mol. The molecule has 3 aliphatic rings. The van der Waals surface area contributed by atoms with Gasteiger partial charge in [0.25, 0.3) is 0 Å². The van der Waals surface area contributed by atoms with Gasteiger partial charge in [-0.15, -0.1) is 0 Å². The third kappa shape index (κ3) is 1.83. The molecule has 0 spiro atoms. The third-order valence-corrected chi connectivity index (χ3v) is 7.50. The van der Waals surface area contributed by atoms with Gasteiger partial charge in [-0.25, -0.2) is 0 Å². The summed E-state index contributed by atoms with van der Waals surface area (Å²) in [6.45, 7) is 4.43. The third-order valence-electron chi connectivity index (χ3n) is 7.50. The Balaban J connectivity index is 1.69. The summed E-state index contributed by atoms with van der Waals surface area (Å²) in [6.07, 6.45) is 7.02. The molecule has 4 rings (SSSR count). The second-order valence-corrected chi connectivity index (χ2v) is 8.25. The number of methoxy groups -OCH3 is 1. The maximum atomic E-state index is 10.9. The van der Waals surface area contributed by atoms with Crippen molar-refractivity contribution in [1.82, 2.24) is 0 Å². The molecule has 0 unspecified atom stereocenters. The van der Waals surface area contributed by atoms with E-state index in [4.69, 9.17) is 4.74 Å². The van der Waals surface area contributed by atoms with Crippen LogP contribution < -0.4 is 4.74 Å². The Labute approximate surface area is 133 Å². The van der Waals surface area contributed by atoms with Gasteiger partial charge in [0.2, 0.25) is 0 Å². The van der Waals surface area contributed by atoms with Crippen LogP contribution in [0, 0.1) is 17.3 Å². The van der Waals surface area contributed by atoms with Gasteiger partial charge in [-0.1, -0.05) is 13.0 Å². The van der Waals surface area contributed by atoms with E-state index < -0.39 is 5.60 Å². The van der Waals surface area contributed by atoms with Gasteiger partial charge in [0, 0.05) is 0 Å². The summed E-state index contributed by atoms with van der Waals surface area (Å²) in [7, 11) is 1.75. The molecule has 0 aliphatic heterocycles. The normalized spacial score (nSPS) is 43.2. The molecule has 0 radical (unpaired) electrons. The van der Waals surface area contributed by atoms with E-state index in [9.17, 15) is 5.11 Å². The van der Waals surface area contributed by atoms with Crippen LogP contribution >= 0.6 is 0 Å². The van der Waals surface area contributed by atoms with Crippen molar-refractivity contribution in [2.75, 3.05) is 7.11 Å². The van der Waals surface area contributed by atoms with Gasteiger partial charge in [0.15, 0.2) is 0 Å². The second kappa shape index (κ2) is 4.74. The molecule has 2 fully saturated rings. The number of benzene rings is 1. The van der Waals surface area contributed by atoms with Crippen molar-refractivity contribution in [1.29, 1.82) is 0 Å². The standard InChI is InChI=1S/C20H28O2/c1-19-10-8-16-15-7-5-14(22-3)12-13(15)4-6-17(16)18(19)9-11-20(19,2)21/h5,7,12,16-18,21H,4,6,8-11H2,1-3H3/t16-,17+,18+,19+,20-/m1/s1. The molecule has 0 heterocycles. The molecular weight excluding hydrogens is 272 g/mol. The molecule has 0 amide bonds. The minimum Gasteiger partial charge on any atom is -0.497 e. The zero-order valence-corrected chi connectivity index (χ0v) is 14.1. The van der Waals surface area contributed by atoms with E-state index in [-0.39, 0.29) is 5.41 Å². The first kappa shape index (κ1) is 14.6. The molecule has 0 bridgehead atoms. The summed E-state index contributed by atoms with van der Waals surface area (Å²) in [5.74, 6) is 3.13. The smallest absolute Gasteiger partial charge is 0.119 e. The lowest BCUT2D eigenvalue weighted by molar-refractivity contribution is -0.0901. The Morgan fingerprint density at radius 1 is 1.14 bits per heavy atom. The maximum absolute atomic E-state index is 10.9. The number of aryl methyl sites for hydroxylation is 1. The number of fused-ring (bicyclic) bond motifs is 5. The molecule has 120 valence electrons. The Bertz CT molecular complexity index is 591. The zero-order chi connectivity index (χ0) is 15.5. The van der Waals surface area contributed by atoms with Crippen LogP contribution in [0.5, 0.6) is 5.75 Å². The molecule has 1 aromatic carbocycles. The van der Waals surface area contributed by atoms with E-state index in [1.807, 2.05) is 0 Å². The molecule has 3 aliphatic carbocycles. The van der Waals surface area contributed by atoms with Gasteiger partial charge in [-0.2, -0.15) is 0 Å². The molecule has 2 nitrogen and oxygen atoms in total. The lowest BCUT2D eigenvalue weighted by Gasteiger charge is -2.52. The molecule has 1 N–H and O–H groups in total. The summed E-state index contributed by atoms with van der Waals surface area (Å²) >= 11 is 0. The number of aliphatic hydroxyl groups is 1. The lowest BCUT2D eigenvalue weighted by atomic mass is 9.53. The Kier molecular flexibility index (Phi) is 3.14. The minimum absolute atomic E-state index is 0.123. The van der Waals surface area contributed by atoms with Gasteiger partial charge >= 0.3 is 0 Å². The number of hydrogen-bond acceptors (Lipinski definition) is 2. The zero-order valence-electron chi connectivity index (χ0n) is 14.1. The van der Waals surface area contributed by atoms with Crippen molar-refractivity contribution >= 4 is 0 Å². The van der Waals surface area contributed by atoms with Crippen molar-refractivity contribution < 1.29 is 9.84 Å². The summed E-state index contributed by atoms with van der Waals surface area (Å²) in [5.41, 5.74) is 2.71. The van der Waals surface area contributed by atoms with E-state index >= 15 is 0 Å². The molecule has 0 saturated heterocycles. The van der Waals surface area contributed by atoms with Crippen molar-refractivity contribution in [2.24, 2.45) is 17.3 Å². The largest absolute Gasteiger partial charge is 0.497 e. The second-order valence-electron chi connectivity index (χ2n) is 8.25. The predicted molar refractivity (Wildman–Crippen MR) is 88.2 cm³/mol. The van der Waals surface area contributed by atoms with Crippen LogP contribution in [0.25, 0.3) is 0 Å². The summed E-state index contributed by atoms with van der Waals surface area (Å²) in [6, 6.07) is 6.67. The van der Waals surface area contributed by atoms with Crippen LogP contribution in [-0.2, 0) is 6.42 Å². The Morgan fingerprint density at radius 2 is 1.95 bits per heavy atom. The van der Waals surface area contributed by atoms with Crippen LogP contribution in [0.15, 0.2) is 18.2 Å². The van der Waals surface area contributed by atoms with E-state index in [0.717, 1.165) is 24.5 Å². The van der Waals surface area contributed by atoms with Crippen LogP contribution in [0.1, 0.15) is 63.0 Å². The molecule has 1 aromatic rings. The van der Waals surface area contributed by atoms with Crippen molar-refractivity contribution in [3.63, 3.8) is 0 Å². The average Bonchev–Trinajstić information content (AvgIpc) is 2.76. The average molecular weight is 300 g/mol. The van der Waals surface area contributed by atoms with Crippen molar-refractivity contribution in [3.8, 4) is 5.75 Å². The first-order chi connectivity index (χ1) is 10.5. The van der Waals surface area contributed by atoms with Crippen LogP contribution in [-0.4, -0.2) is 17.8 Å². The highest BCUT2D eigenvalue weighted by Crippen LogP contribution is 2.64. The van der Waals surface area contributed by atoms with E-state index in [2.05, 4.69) is 32.0 Å². The topological polar surface area (TPSA) is 29.5 Å². The van der Waals surface area contributed by atoms with Crippen LogP contribution in [0.4, 0.5) is 0 Å². The Morgan fingerprint density at radius 3 is 2.73 bits per heavy atom. The molecule has 22 heavy (non-hydrogen) atoms. The van der Waals surface area contributed by atoms with E-state index in [1.165, 1.54) is 31.2 Å². The number of rotatable bonds is 1. The highest BCUT2D eigenvalue weighted by Gasteiger charge is 2.59. The van der Waals surface area contributed by atoms with Crippen molar-refractivity contribution in [3.05, 3.63) is 29.3 Å². The fraction of sp³-hybridized carbons (Fsp3) is 0.700. The van der Waals surface area contributed by atoms with Gasteiger partial charge < -0.3 is 9.84 Å². The summed E-state index contributed by atoms with van der Waals surface area (Å²) in [5, 5.41) is 10.9. The minimum atomic E-state index is -0.469. The molecule has 0 aromatic heterocycles. The fourth-order valence-corrected chi connectivity index (χ4v) is 5.93. The number of ether oxygens (including phenoxy) is 1. The van der Waals surface area contributed by atoms with Gasteiger partial charge in [-0.05, 0) is 91.9 Å². The van der Waals surface area contributed by atoms with Gasteiger partial charge in [0.1, 0.15) is 5.75 Å². The van der Waals surface area contributed by atoms with Gasteiger partial charge in [0.05, 0.1) is 12.7 Å². The van der Waals surface area contributed by atoms with E-state index in [0.29, 0.717) is 11.8 Å². The first-order valence-electron chi connectivity index (χ1n) is 8.85. The molecule has 5 atom stereocenters. The highest BCUT2D eigenvalue weighted by molar-refractivity contribution is 5.40. The van der Waals surface area contributed by atoms with Crippen LogP contribution in [0.2, 0.25) is 0 Å². The van der Waals surface area contributed by atoms with Gasteiger partial charge in [-0.3, -0.25) is 0 Å². The maximum Gasteiger partial charge on any atom is 0.119 e. The summed E-state index contributed by atoms with van der Waals surface area (Å²) in [4.78, 5) is 0. The fourth-order valence-electron chi connectivity index (χ4n) is 5.93. The SMILES string of the molecule is COc1ccc2c(c1)CC[C@H]1[C@@H]2CC[C@@]2(C)[C@H]1CC[C@@]2(C)O. The van der Waals surface area contributed by atoms with Crippen LogP contribution in [0.3, 0.4) is 0 Å². The molecule has 2 saturated carbocycles. The molecule has 2 heteroatoms. The summed E-state index contributed by atoms with van der Waals surface area (Å²) < 4.78 is 5.40. The Hall–Kier alpha value is -1.02. The quantitative estimate of drug-likeness (QED) is 0.838. The lowest BCUT2D eigenvalue weighted by Crippen LogP contribution is -2.49. The number of hydrogen-bond donors (Lipinski definition) is 1. The first-order valence-corrected chi connectivity index (χ1v) is 8.85. The highest BCUT2D eigenvalue weighted by atomic mass is 16.5. The van der Waals surface area contributed by atoms with E-state index in [1.54, 1.807) is 12.7 Å². The predicted octanol–water partition coefficient (Wildman–Crippen LogP) is 4.30. The molecular formula is C20H28O2. The van der Waals surface area contributed by atoms with Crippen molar-refractivity contribution in [2.45, 2.75) is 63.9 Å².